The third-order valence-electron chi connectivity index (χ3n) is 1.88. The van der Waals surface area contributed by atoms with Crippen LogP contribution in [0.3, 0.4) is 0 Å². The van der Waals surface area contributed by atoms with Crippen LogP contribution >= 0.6 is 15.9 Å². The minimum atomic E-state index is -4.49. The Kier molecular flexibility index (Phi) is 4.17. The Morgan fingerprint density at radius 2 is 2.00 bits per heavy atom. The van der Waals surface area contributed by atoms with Crippen LogP contribution in [0.15, 0.2) is 16.6 Å². The van der Waals surface area contributed by atoms with Gasteiger partial charge in [0, 0.05) is 10.0 Å². The molecule has 1 aromatic carbocycles. The Labute approximate surface area is 98.4 Å². The Balaban J connectivity index is 3.36. The average Bonchev–Trinajstić information content (AvgIpc) is 2.16. The maximum absolute atomic E-state index is 12.7. The third kappa shape index (κ3) is 2.87. The lowest BCUT2D eigenvalue weighted by atomic mass is 10.1. The quantitative estimate of drug-likeness (QED) is 0.873. The molecule has 0 radical (unpaired) electrons. The van der Waals surface area contributed by atoms with Gasteiger partial charge >= 0.3 is 6.18 Å². The summed E-state index contributed by atoms with van der Waals surface area (Å²) < 4.78 is 43.0. The van der Waals surface area contributed by atoms with Crippen molar-refractivity contribution in [3.05, 3.63) is 27.7 Å². The number of halogens is 4. The zero-order valence-electron chi connectivity index (χ0n) is 8.27. The SMILES string of the molecule is COc1c(CON)cc(Br)cc1C(F)(F)F. The molecule has 1 rings (SSSR count). The Morgan fingerprint density at radius 3 is 2.44 bits per heavy atom. The number of alkyl halides is 3. The molecule has 90 valence electrons. The van der Waals surface area contributed by atoms with Gasteiger partial charge in [0.25, 0.3) is 0 Å². The molecule has 7 heteroatoms. The second kappa shape index (κ2) is 5.03. The molecule has 0 heterocycles. The predicted octanol–water partition coefficient (Wildman–Crippen LogP) is 2.87. The predicted molar refractivity (Wildman–Crippen MR) is 54.7 cm³/mol. The fourth-order valence-electron chi connectivity index (χ4n) is 1.30. The first-order chi connectivity index (χ1) is 7.40. The highest BCUT2D eigenvalue weighted by molar-refractivity contribution is 9.10. The van der Waals surface area contributed by atoms with Crippen LogP contribution < -0.4 is 10.6 Å². The molecule has 0 bridgehead atoms. The van der Waals surface area contributed by atoms with Gasteiger partial charge in [-0.3, -0.25) is 4.84 Å². The maximum Gasteiger partial charge on any atom is 0.420 e. The molecule has 0 spiro atoms. The van der Waals surface area contributed by atoms with E-state index in [-0.39, 0.29) is 22.4 Å². The molecule has 0 aliphatic carbocycles. The van der Waals surface area contributed by atoms with Crippen molar-refractivity contribution in [1.82, 2.24) is 0 Å². The molecule has 3 nitrogen and oxygen atoms in total. The van der Waals surface area contributed by atoms with Crippen molar-refractivity contribution in [2.75, 3.05) is 7.11 Å². The van der Waals surface area contributed by atoms with Gasteiger partial charge in [-0.05, 0) is 12.1 Å². The monoisotopic (exact) mass is 299 g/mol. The van der Waals surface area contributed by atoms with Gasteiger partial charge < -0.3 is 4.74 Å². The van der Waals surface area contributed by atoms with Gasteiger partial charge in [0.05, 0.1) is 19.3 Å². The second-order valence-electron chi connectivity index (χ2n) is 2.95. The van der Waals surface area contributed by atoms with Crippen LogP contribution in [-0.2, 0) is 17.6 Å². The Hall–Kier alpha value is -0.790. The normalized spacial score (nSPS) is 11.6. The highest BCUT2D eigenvalue weighted by Crippen LogP contribution is 2.40. The number of rotatable bonds is 3. The molecule has 2 N–H and O–H groups in total. The zero-order chi connectivity index (χ0) is 12.3. The Morgan fingerprint density at radius 1 is 1.38 bits per heavy atom. The molecule has 0 fully saturated rings. The fourth-order valence-corrected chi connectivity index (χ4v) is 1.80. The summed E-state index contributed by atoms with van der Waals surface area (Å²) in [7, 11) is 1.17. The minimum absolute atomic E-state index is 0.161. The highest BCUT2D eigenvalue weighted by atomic mass is 79.9. The van der Waals surface area contributed by atoms with Gasteiger partial charge in [-0.1, -0.05) is 15.9 Å². The third-order valence-corrected chi connectivity index (χ3v) is 2.34. The van der Waals surface area contributed by atoms with Crippen LogP contribution in [0.2, 0.25) is 0 Å². The van der Waals surface area contributed by atoms with Gasteiger partial charge in [-0.15, -0.1) is 0 Å². The van der Waals surface area contributed by atoms with E-state index in [1.165, 1.54) is 13.2 Å². The highest BCUT2D eigenvalue weighted by Gasteiger charge is 2.35. The van der Waals surface area contributed by atoms with Gasteiger partial charge in [0.15, 0.2) is 0 Å². The number of methoxy groups -OCH3 is 1. The first kappa shape index (κ1) is 13.3. The molecule has 0 saturated heterocycles. The summed E-state index contributed by atoms with van der Waals surface area (Å²) in [5.41, 5.74) is -0.636. The van der Waals surface area contributed by atoms with Crippen molar-refractivity contribution in [3.63, 3.8) is 0 Å². The summed E-state index contributed by atoms with van der Waals surface area (Å²) in [4.78, 5) is 4.32. The van der Waals surface area contributed by atoms with Crippen molar-refractivity contribution in [2.24, 2.45) is 5.90 Å². The maximum atomic E-state index is 12.7. The van der Waals surface area contributed by atoms with E-state index in [1.807, 2.05) is 0 Å². The van der Waals surface area contributed by atoms with Crippen molar-refractivity contribution in [2.45, 2.75) is 12.8 Å². The van der Waals surface area contributed by atoms with E-state index in [0.29, 0.717) is 0 Å². The molecular weight excluding hydrogens is 291 g/mol. The van der Waals surface area contributed by atoms with E-state index in [1.54, 1.807) is 0 Å². The van der Waals surface area contributed by atoms with E-state index < -0.39 is 11.7 Å². The van der Waals surface area contributed by atoms with E-state index in [4.69, 9.17) is 10.6 Å². The number of benzene rings is 1. The smallest absolute Gasteiger partial charge is 0.420 e. The van der Waals surface area contributed by atoms with Crippen molar-refractivity contribution in [1.29, 1.82) is 0 Å². The minimum Gasteiger partial charge on any atom is -0.496 e. The molecular formula is C9H9BrF3NO2. The van der Waals surface area contributed by atoms with Crippen LogP contribution in [-0.4, -0.2) is 7.11 Å². The van der Waals surface area contributed by atoms with Crippen molar-refractivity contribution >= 4 is 15.9 Å². The fraction of sp³-hybridized carbons (Fsp3) is 0.333. The van der Waals surface area contributed by atoms with Crippen LogP contribution in [0.25, 0.3) is 0 Å². The first-order valence-corrected chi connectivity index (χ1v) is 4.94. The summed E-state index contributed by atoms with van der Waals surface area (Å²) in [6.45, 7) is -0.161. The lowest BCUT2D eigenvalue weighted by molar-refractivity contribution is -0.138. The number of ether oxygens (including phenoxy) is 1. The molecule has 0 atom stereocenters. The molecule has 1 aromatic rings. The lowest BCUT2D eigenvalue weighted by Gasteiger charge is -2.15. The summed E-state index contributed by atoms with van der Waals surface area (Å²) in [6.07, 6.45) is -4.49. The summed E-state index contributed by atoms with van der Waals surface area (Å²) in [6, 6.07) is 2.40. The summed E-state index contributed by atoms with van der Waals surface area (Å²) >= 11 is 2.99. The van der Waals surface area contributed by atoms with Crippen LogP contribution in [0.5, 0.6) is 5.75 Å². The Bertz CT molecular complexity index is 382. The summed E-state index contributed by atoms with van der Waals surface area (Å²) in [5, 5.41) is 0. The molecule has 16 heavy (non-hydrogen) atoms. The first-order valence-electron chi connectivity index (χ1n) is 4.15. The van der Waals surface area contributed by atoms with E-state index >= 15 is 0 Å². The second-order valence-corrected chi connectivity index (χ2v) is 3.87. The zero-order valence-corrected chi connectivity index (χ0v) is 9.85. The molecule has 0 aliphatic rings. The molecule has 0 amide bonds. The van der Waals surface area contributed by atoms with E-state index in [2.05, 4.69) is 20.8 Å². The van der Waals surface area contributed by atoms with Crippen molar-refractivity contribution in [3.8, 4) is 5.75 Å². The van der Waals surface area contributed by atoms with E-state index in [9.17, 15) is 13.2 Å². The molecule has 0 unspecified atom stereocenters. The molecule has 0 saturated carbocycles. The van der Waals surface area contributed by atoms with Gasteiger partial charge in [-0.25, -0.2) is 5.90 Å². The standard InChI is InChI=1S/C9H9BrF3NO2/c1-15-8-5(4-16-14)2-6(10)3-7(8)9(11,12)13/h2-3H,4,14H2,1H3. The summed E-state index contributed by atoms with van der Waals surface area (Å²) in [5.74, 6) is 4.56. The largest absolute Gasteiger partial charge is 0.496 e. The van der Waals surface area contributed by atoms with Gasteiger partial charge in [0.1, 0.15) is 5.75 Å². The molecule has 0 aliphatic heterocycles. The van der Waals surface area contributed by atoms with Gasteiger partial charge in [0.2, 0.25) is 0 Å². The number of hydrogen-bond acceptors (Lipinski definition) is 3. The van der Waals surface area contributed by atoms with Crippen LogP contribution in [0.4, 0.5) is 13.2 Å². The van der Waals surface area contributed by atoms with Crippen LogP contribution in [0.1, 0.15) is 11.1 Å². The molecule has 0 aromatic heterocycles. The number of hydrogen-bond donors (Lipinski definition) is 1. The number of nitrogens with two attached hydrogens (primary N) is 1. The topological polar surface area (TPSA) is 44.5 Å². The van der Waals surface area contributed by atoms with Crippen LogP contribution in [0, 0.1) is 0 Å². The lowest BCUT2D eigenvalue weighted by Crippen LogP contribution is -2.10. The average molecular weight is 300 g/mol. The van der Waals surface area contributed by atoms with Crippen molar-refractivity contribution < 1.29 is 22.7 Å². The van der Waals surface area contributed by atoms with Gasteiger partial charge in [-0.2, -0.15) is 13.2 Å². The van der Waals surface area contributed by atoms with E-state index in [0.717, 1.165) is 6.07 Å².